The van der Waals surface area contributed by atoms with Gasteiger partial charge in [-0.1, -0.05) is 0 Å². The number of piperidine rings is 1. The molecule has 1 aliphatic heterocycles. The minimum atomic E-state index is -0.338. The summed E-state index contributed by atoms with van der Waals surface area (Å²) in [6.07, 6.45) is 3.28. The van der Waals surface area contributed by atoms with Gasteiger partial charge < -0.3 is 14.4 Å². The van der Waals surface area contributed by atoms with Crippen molar-refractivity contribution in [2.45, 2.75) is 25.9 Å². The van der Waals surface area contributed by atoms with Gasteiger partial charge >= 0.3 is 0 Å². The van der Waals surface area contributed by atoms with Crippen molar-refractivity contribution >= 4 is 5.91 Å². The van der Waals surface area contributed by atoms with Gasteiger partial charge in [-0.3, -0.25) is 4.79 Å². The zero-order valence-electron chi connectivity index (χ0n) is 14.0. The van der Waals surface area contributed by atoms with E-state index in [2.05, 4.69) is 9.97 Å². The van der Waals surface area contributed by atoms with E-state index in [-0.39, 0.29) is 24.4 Å². The number of benzene rings is 1. The van der Waals surface area contributed by atoms with Gasteiger partial charge in [0.25, 0.3) is 5.91 Å². The number of nitrogens with zero attached hydrogens (tertiary/aromatic N) is 3. The molecule has 0 aliphatic carbocycles. The Bertz CT molecular complexity index is 724. The first-order valence-corrected chi connectivity index (χ1v) is 8.22. The van der Waals surface area contributed by atoms with Gasteiger partial charge in [0.05, 0.1) is 6.54 Å². The van der Waals surface area contributed by atoms with Crippen LogP contribution in [0.3, 0.4) is 0 Å². The van der Waals surface area contributed by atoms with E-state index in [9.17, 15) is 9.18 Å². The third-order valence-corrected chi connectivity index (χ3v) is 3.94. The predicted molar refractivity (Wildman–Crippen MR) is 88.9 cm³/mol. The lowest BCUT2D eigenvalue weighted by atomic mass is 10.1. The fourth-order valence-corrected chi connectivity index (χ4v) is 2.70. The lowest BCUT2D eigenvalue weighted by Gasteiger charge is -2.32. The van der Waals surface area contributed by atoms with Crippen LogP contribution in [0.2, 0.25) is 0 Å². The molecule has 1 unspecified atom stereocenters. The van der Waals surface area contributed by atoms with Crippen LogP contribution in [0.15, 0.2) is 36.5 Å². The maximum absolute atomic E-state index is 12.9. The van der Waals surface area contributed by atoms with E-state index in [1.54, 1.807) is 24.1 Å². The largest absolute Gasteiger partial charge is 0.484 e. The maximum Gasteiger partial charge on any atom is 0.260 e. The number of carbonyl (C=O) groups is 1. The van der Waals surface area contributed by atoms with Gasteiger partial charge in [-0.25, -0.2) is 9.37 Å². The summed E-state index contributed by atoms with van der Waals surface area (Å²) in [7, 11) is 0. The minimum Gasteiger partial charge on any atom is -0.484 e. The zero-order chi connectivity index (χ0) is 17.6. The molecule has 1 aliphatic rings. The summed E-state index contributed by atoms with van der Waals surface area (Å²) in [6, 6.07) is 7.32. The number of halogens is 1. The third kappa shape index (κ3) is 4.89. The Morgan fingerprint density at radius 1 is 1.32 bits per heavy atom. The Kier molecular flexibility index (Phi) is 5.42. The predicted octanol–water partition coefficient (Wildman–Crippen LogP) is 2.37. The summed E-state index contributed by atoms with van der Waals surface area (Å²) in [5.41, 5.74) is 0. The van der Waals surface area contributed by atoms with E-state index in [0.29, 0.717) is 30.5 Å². The maximum atomic E-state index is 12.9. The highest BCUT2D eigenvalue weighted by molar-refractivity contribution is 5.77. The van der Waals surface area contributed by atoms with Crippen LogP contribution >= 0.6 is 0 Å². The molecule has 1 saturated heterocycles. The molecule has 0 N–H and O–H groups in total. The van der Waals surface area contributed by atoms with Crippen molar-refractivity contribution in [3.63, 3.8) is 0 Å². The van der Waals surface area contributed by atoms with E-state index in [1.165, 1.54) is 24.3 Å². The van der Waals surface area contributed by atoms with Crippen molar-refractivity contribution in [3.05, 3.63) is 48.2 Å². The number of rotatable bonds is 5. The van der Waals surface area contributed by atoms with Gasteiger partial charge in [-0.15, -0.1) is 0 Å². The van der Waals surface area contributed by atoms with Crippen LogP contribution in [-0.2, 0) is 4.79 Å². The fraction of sp³-hybridized carbons (Fsp3) is 0.389. The van der Waals surface area contributed by atoms with Crippen LogP contribution in [0.5, 0.6) is 11.6 Å². The molecule has 1 fully saturated rings. The summed E-state index contributed by atoms with van der Waals surface area (Å²) in [5, 5.41) is 0. The summed E-state index contributed by atoms with van der Waals surface area (Å²) < 4.78 is 24.2. The zero-order valence-corrected chi connectivity index (χ0v) is 14.0. The molecule has 1 aromatic carbocycles. The van der Waals surface area contributed by atoms with Crippen LogP contribution in [-0.4, -0.2) is 46.6 Å². The lowest BCUT2D eigenvalue weighted by molar-refractivity contribution is -0.136. The summed E-state index contributed by atoms with van der Waals surface area (Å²) in [4.78, 5) is 22.3. The highest BCUT2D eigenvalue weighted by atomic mass is 19.1. The Morgan fingerprint density at radius 2 is 2.12 bits per heavy atom. The normalized spacial score (nSPS) is 17.2. The van der Waals surface area contributed by atoms with Gasteiger partial charge in [-0.05, 0) is 44.0 Å². The van der Waals surface area contributed by atoms with Gasteiger partial charge in [0.15, 0.2) is 6.61 Å². The lowest BCUT2D eigenvalue weighted by Crippen LogP contribution is -2.46. The van der Waals surface area contributed by atoms with Crippen LogP contribution in [0.1, 0.15) is 18.7 Å². The van der Waals surface area contributed by atoms with Crippen molar-refractivity contribution < 1.29 is 18.7 Å². The van der Waals surface area contributed by atoms with Crippen molar-refractivity contribution in [2.24, 2.45) is 0 Å². The molecule has 1 aromatic heterocycles. The van der Waals surface area contributed by atoms with E-state index in [0.717, 1.165) is 12.8 Å². The number of amides is 1. The minimum absolute atomic E-state index is 0.0784. The number of hydrogen-bond donors (Lipinski definition) is 0. The summed E-state index contributed by atoms with van der Waals surface area (Å²) in [6.45, 7) is 2.89. The highest BCUT2D eigenvalue weighted by Gasteiger charge is 2.25. The smallest absolute Gasteiger partial charge is 0.260 e. The van der Waals surface area contributed by atoms with Gasteiger partial charge in [-0.2, -0.15) is 4.98 Å². The Morgan fingerprint density at radius 3 is 2.88 bits per heavy atom. The first kappa shape index (κ1) is 17.1. The number of hydrogen-bond acceptors (Lipinski definition) is 5. The average molecular weight is 345 g/mol. The first-order valence-electron chi connectivity index (χ1n) is 8.22. The molecule has 0 spiro atoms. The van der Waals surface area contributed by atoms with E-state index in [1.807, 2.05) is 0 Å². The fourth-order valence-electron chi connectivity index (χ4n) is 2.70. The number of aromatic nitrogens is 2. The van der Waals surface area contributed by atoms with Gasteiger partial charge in [0.1, 0.15) is 23.5 Å². The van der Waals surface area contributed by atoms with Crippen LogP contribution in [0.4, 0.5) is 4.39 Å². The van der Waals surface area contributed by atoms with Crippen molar-refractivity contribution in [1.82, 2.24) is 14.9 Å². The molecular formula is C18H20FN3O3. The summed E-state index contributed by atoms with van der Waals surface area (Å²) >= 11 is 0. The first-order chi connectivity index (χ1) is 12.1. The topological polar surface area (TPSA) is 64.5 Å². The molecule has 0 saturated carbocycles. The Labute approximate surface area is 145 Å². The van der Waals surface area contributed by atoms with E-state index < -0.39 is 0 Å². The van der Waals surface area contributed by atoms with Gasteiger partial charge in [0.2, 0.25) is 5.88 Å². The molecule has 0 radical (unpaired) electrons. The quantitative estimate of drug-likeness (QED) is 0.832. The molecule has 7 heteroatoms. The molecule has 3 rings (SSSR count). The van der Waals surface area contributed by atoms with Crippen molar-refractivity contribution in [1.29, 1.82) is 0 Å². The Hall–Kier alpha value is -2.70. The third-order valence-electron chi connectivity index (χ3n) is 3.94. The van der Waals surface area contributed by atoms with E-state index in [4.69, 9.17) is 9.47 Å². The molecule has 0 bridgehead atoms. The Balaban J connectivity index is 1.51. The molecule has 132 valence electrons. The van der Waals surface area contributed by atoms with Gasteiger partial charge in [0, 0.05) is 18.8 Å². The molecule has 1 atom stereocenters. The second-order valence-corrected chi connectivity index (χ2v) is 5.91. The van der Waals surface area contributed by atoms with E-state index >= 15 is 0 Å². The second kappa shape index (κ2) is 7.92. The van der Waals surface area contributed by atoms with Crippen molar-refractivity contribution in [3.8, 4) is 11.6 Å². The van der Waals surface area contributed by atoms with Crippen LogP contribution in [0, 0.1) is 12.7 Å². The molecular weight excluding hydrogens is 325 g/mol. The monoisotopic (exact) mass is 345 g/mol. The number of aryl methyl sites for hydroxylation is 1. The molecule has 2 heterocycles. The molecule has 6 nitrogen and oxygen atoms in total. The standard InChI is InChI=1S/C18H20FN3O3/c1-13-20-9-8-17(21-13)25-16-3-2-10-22(11-16)18(23)12-24-15-6-4-14(19)5-7-15/h4-9,16H,2-3,10-12H2,1H3. The highest BCUT2D eigenvalue weighted by Crippen LogP contribution is 2.17. The molecule has 25 heavy (non-hydrogen) atoms. The SMILES string of the molecule is Cc1nccc(OC2CCCN(C(=O)COc3ccc(F)cc3)C2)n1. The second-order valence-electron chi connectivity index (χ2n) is 5.91. The molecule has 1 amide bonds. The van der Waals surface area contributed by atoms with Crippen LogP contribution in [0.25, 0.3) is 0 Å². The number of ether oxygens (including phenoxy) is 2. The average Bonchev–Trinajstić information content (AvgIpc) is 2.61. The summed E-state index contributed by atoms with van der Waals surface area (Å²) in [5.74, 6) is 1.19. The number of likely N-dealkylation sites (tertiary alicyclic amines) is 1. The molecule has 2 aromatic rings. The van der Waals surface area contributed by atoms with Crippen molar-refractivity contribution in [2.75, 3.05) is 19.7 Å². The number of carbonyl (C=O) groups excluding carboxylic acids is 1. The van der Waals surface area contributed by atoms with Crippen LogP contribution < -0.4 is 9.47 Å².